The molecule has 5 heteroatoms. The van der Waals surface area contributed by atoms with Crippen molar-refractivity contribution in [3.8, 4) is 51.0 Å². The minimum absolute atomic E-state index is 0.0365. The Hall–Kier alpha value is -6.33. The Balaban J connectivity index is 1.25. The number of allylic oxidation sites excluding steroid dienone is 2. The van der Waals surface area contributed by atoms with Crippen molar-refractivity contribution in [1.29, 1.82) is 0 Å². The zero-order valence-corrected chi connectivity index (χ0v) is 25.7. The first kappa shape index (κ1) is 26.8. The van der Waals surface area contributed by atoms with E-state index in [0.29, 0.717) is 17.5 Å². The minimum Gasteiger partial charge on any atom is -0.485 e. The first-order chi connectivity index (χ1) is 23.8. The summed E-state index contributed by atoms with van der Waals surface area (Å²) >= 11 is 0. The topological polar surface area (TPSA) is 61.0 Å². The van der Waals surface area contributed by atoms with E-state index in [1.54, 1.807) is 0 Å². The van der Waals surface area contributed by atoms with Gasteiger partial charge in [-0.15, -0.1) is 0 Å². The molecule has 0 N–H and O–H groups in total. The maximum absolute atomic E-state index is 6.52. The van der Waals surface area contributed by atoms with Gasteiger partial charge in [-0.1, -0.05) is 103 Å². The first-order valence-corrected chi connectivity index (χ1v) is 16.2. The summed E-state index contributed by atoms with van der Waals surface area (Å²) in [7, 11) is 0. The summed E-state index contributed by atoms with van der Waals surface area (Å²) in [6, 6.07) is 43.7. The molecule has 2 aliphatic rings. The van der Waals surface area contributed by atoms with Crippen LogP contribution in [0.25, 0.3) is 78.0 Å². The van der Waals surface area contributed by atoms with E-state index in [1.807, 2.05) is 60.7 Å². The molecule has 2 aromatic heterocycles. The van der Waals surface area contributed by atoms with Gasteiger partial charge in [0.2, 0.25) is 0 Å². The Bertz CT molecular complexity index is 2620. The van der Waals surface area contributed by atoms with Gasteiger partial charge < -0.3 is 9.15 Å². The summed E-state index contributed by atoms with van der Waals surface area (Å²) in [5, 5.41) is 4.47. The predicted molar refractivity (Wildman–Crippen MR) is 192 cm³/mol. The average Bonchev–Trinajstić information content (AvgIpc) is 3.72. The van der Waals surface area contributed by atoms with Gasteiger partial charge in [-0.05, 0) is 70.4 Å². The molecule has 0 spiro atoms. The van der Waals surface area contributed by atoms with E-state index < -0.39 is 0 Å². The highest BCUT2D eigenvalue weighted by atomic mass is 16.5. The number of hydrogen-bond acceptors (Lipinski definition) is 5. The number of para-hydroxylation sites is 1. The number of ether oxygens (including phenoxy) is 1. The molecule has 6 aromatic carbocycles. The second-order valence-electron chi connectivity index (χ2n) is 12.3. The van der Waals surface area contributed by atoms with Crippen LogP contribution < -0.4 is 4.74 Å². The molecule has 0 bridgehead atoms. The lowest BCUT2D eigenvalue weighted by Crippen LogP contribution is -2.16. The Morgan fingerprint density at radius 1 is 0.500 bits per heavy atom. The highest BCUT2D eigenvalue weighted by Crippen LogP contribution is 2.50. The third kappa shape index (κ3) is 4.28. The number of nitrogens with zero attached hydrogens (tertiary/aromatic N) is 3. The van der Waals surface area contributed by atoms with E-state index in [9.17, 15) is 0 Å². The maximum atomic E-state index is 6.52. The van der Waals surface area contributed by atoms with Gasteiger partial charge in [0.1, 0.15) is 23.0 Å². The fraction of sp³-hybridized carbons (Fsp3) is 0.0465. The van der Waals surface area contributed by atoms with Crippen LogP contribution in [0.15, 0.2) is 156 Å². The molecule has 1 aliphatic carbocycles. The van der Waals surface area contributed by atoms with Crippen LogP contribution >= 0.6 is 0 Å². The number of fused-ring (bicyclic) bond motifs is 7. The van der Waals surface area contributed by atoms with Gasteiger partial charge in [-0.3, -0.25) is 0 Å². The van der Waals surface area contributed by atoms with Crippen LogP contribution in [0.2, 0.25) is 0 Å². The third-order valence-corrected chi connectivity index (χ3v) is 9.47. The van der Waals surface area contributed by atoms with Crippen molar-refractivity contribution in [3.05, 3.63) is 157 Å². The summed E-state index contributed by atoms with van der Waals surface area (Å²) in [5.41, 5.74) is 7.71. The summed E-state index contributed by atoms with van der Waals surface area (Å²) in [5.74, 6) is 2.72. The quantitative estimate of drug-likeness (QED) is 0.197. The molecule has 0 saturated carbocycles. The zero-order valence-electron chi connectivity index (χ0n) is 25.7. The molecule has 2 atom stereocenters. The van der Waals surface area contributed by atoms with Crippen LogP contribution in [0, 0.1) is 0 Å². The highest BCUT2D eigenvalue weighted by molar-refractivity contribution is 6.06. The average molecular weight is 618 g/mol. The van der Waals surface area contributed by atoms with E-state index in [0.717, 1.165) is 61.1 Å². The van der Waals surface area contributed by atoms with Crippen LogP contribution in [-0.4, -0.2) is 21.1 Å². The van der Waals surface area contributed by atoms with Gasteiger partial charge in [-0.2, -0.15) is 0 Å². The number of benzene rings is 6. The first-order valence-electron chi connectivity index (χ1n) is 16.2. The number of rotatable bonds is 4. The molecule has 226 valence electrons. The Kier molecular flexibility index (Phi) is 5.93. The molecule has 2 unspecified atom stereocenters. The fourth-order valence-corrected chi connectivity index (χ4v) is 7.18. The van der Waals surface area contributed by atoms with Crippen LogP contribution in [-0.2, 0) is 0 Å². The van der Waals surface area contributed by atoms with E-state index in [2.05, 4.69) is 91.0 Å². The number of furan rings is 1. The van der Waals surface area contributed by atoms with E-state index in [-0.39, 0.29) is 12.0 Å². The predicted octanol–water partition coefficient (Wildman–Crippen LogP) is 10.6. The summed E-state index contributed by atoms with van der Waals surface area (Å²) in [6.45, 7) is 0. The third-order valence-electron chi connectivity index (χ3n) is 9.47. The van der Waals surface area contributed by atoms with Crippen LogP contribution in [0.5, 0.6) is 5.75 Å². The van der Waals surface area contributed by atoms with Crippen LogP contribution in [0.1, 0.15) is 11.5 Å². The summed E-state index contributed by atoms with van der Waals surface area (Å²) < 4.78 is 12.7. The summed E-state index contributed by atoms with van der Waals surface area (Å²) in [6.07, 6.45) is 8.43. The van der Waals surface area contributed by atoms with Crippen molar-refractivity contribution in [3.63, 3.8) is 0 Å². The lowest BCUT2D eigenvalue weighted by atomic mass is 9.84. The lowest BCUT2D eigenvalue weighted by molar-refractivity contribution is 0.269. The van der Waals surface area contributed by atoms with E-state index in [4.69, 9.17) is 24.1 Å². The van der Waals surface area contributed by atoms with Crippen molar-refractivity contribution in [2.24, 2.45) is 0 Å². The maximum Gasteiger partial charge on any atom is 0.165 e. The molecule has 3 heterocycles. The van der Waals surface area contributed by atoms with Gasteiger partial charge in [0.25, 0.3) is 0 Å². The molecule has 0 radical (unpaired) electrons. The van der Waals surface area contributed by atoms with Gasteiger partial charge in [0, 0.05) is 38.9 Å². The molecule has 0 amide bonds. The highest BCUT2D eigenvalue weighted by Gasteiger charge is 2.37. The van der Waals surface area contributed by atoms with Gasteiger partial charge >= 0.3 is 0 Å². The molecular weight excluding hydrogens is 590 g/mol. The minimum atomic E-state index is -0.0812. The second-order valence-corrected chi connectivity index (χ2v) is 12.3. The lowest BCUT2D eigenvalue weighted by Gasteiger charge is -2.19. The number of hydrogen-bond donors (Lipinski definition) is 0. The normalized spacial score (nSPS) is 16.3. The second kappa shape index (κ2) is 10.6. The van der Waals surface area contributed by atoms with E-state index in [1.165, 1.54) is 10.8 Å². The monoisotopic (exact) mass is 617 g/mol. The Morgan fingerprint density at radius 3 is 2.15 bits per heavy atom. The molecule has 10 rings (SSSR count). The smallest absolute Gasteiger partial charge is 0.165 e. The SMILES string of the molecule is C1=CC2Oc3ccc(-c4ccc5ccccc5c4)c(-c4nc(-c5ccccc5)nc(-c5ccc6oc7ccccc7c6c5)n4)c3C2C=C1. The van der Waals surface area contributed by atoms with Crippen molar-refractivity contribution < 1.29 is 9.15 Å². The fourth-order valence-electron chi connectivity index (χ4n) is 7.18. The molecule has 0 fully saturated rings. The molecule has 8 aromatic rings. The number of aromatic nitrogens is 3. The molecule has 5 nitrogen and oxygen atoms in total. The molecular formula is C43H27N3O2. The van der Waals surface area contributed by atoms with Gasteiger partial charge in [0.05, 0.1) is 0 Å². The largest absolute Gasteiger partial charge is 0.485 e. The molecule has 1 aliphatic heterocycles. The van der Waals surface area contributed by atoms with Crippen molar-refractivity contribution in [1.82, 2.24) is 15.0 Å². The Labute approximate surface area is 276 Å². The van der Waals surface area contributed by atoms with Crippen LogP contribution in [0.4, 0.5) is 0 Å². The molecule has 48 heavy (non-hydrogen) atoms. The summed E-state index contributed by atoms with van der Waals surface area (Å²) in [4.78, 5) is 15.6. The van der Waals surface area contributed by atoms with Crippen LogP contribution in [0.3, 0.4) is 0 Å². The standard InChI is InChI=1S/C43H27N3O2/c1-2-11-27(12-3-1)41-44-42(30-20-22-37-34(25-30)32-14-6-8-16-35(32)47-37)46-43(45-41)40-31(29-19-18-26-10-4-5-13-28(26)24-29)21-23-38-39(40)33-15-7-9-17-36(33)48-38/h1-25,33,36H. The van der Waals surface area contributed by atoms with Crippen molar-refractivity contribution in [2.45, 2.75) is 12.0 Å². The van der Waals surface area contributed by atoms with Crippen molar-refractivity contribution in [2.75, 3.05) is 0 Å². The Morgan fingerprint density at radius 2 is 1.23 bits per heavy atom. The van der Waals surface area contributed by atoms with E-state index >= 15 is 0 Å². The van der Waals surface area contributed by atoms with Crippen molar-refractivity contribution >= 4 is 32.7 Å². The molecule has 0 saturated heterocycles. The zero-order chi connectivity index (χ0) is 31.6. The van der Waals surface area contributed by atoms with Gasteiger partial charge in [0.15, 0.2) is 17.5 Å². The van der Waals surface area contributed by atoms with Gasteiger partial charge in [-0.25, -0.2) is 15.0 Å².